The summed E-state index contributed by atoms with van der Waals surface area (Å²) >= 11 is 1.45. The molecule has 0 bridgehead atoms. The van der Waals surface area contributed by atoms with Crippen LogP contribution in [0.15, 0.2) is 17.5 Å². The summed E-state index contributed by atoms with van der Waals surface area (Å²) in [6, 6.07) is 3.69. The van der Waals surface area contributed by atoms with Gasteiger partial charge >= 0.3 is 0 Å². The van der Waals surface area contributed by atoms with E-state index in [4.69, 9.17) is 0 Å². The molecule has 0 radical (unpaired) electrons. The molecule has 0 amide bonds. The summed E-state index contributed by atoms with van der Waals surface area (Å²) in [5.74, 6) is 0.139. The van der Waals surface area contributed by atoms with Crippen molar-refractivity contribution >= 4 is 27.1 Å². The fraction of sp³-hybridized carbons (Fsp3) is 0.545. The predicted octanol–water partition coefficient (Wildman–Crippen LogP) is 1.60. The molecule has 0 saturated carbocycles. The Hall–Kier alpha value is -0.720. The van der Waals surface area contributed by atoms with Gasteiger partial charge in [-0.05, 0) is 24.3 Å². The molecule has 0 unspecified atom stereocenters. The highest BCUT2D eigenvalue weighted by Gasteiger charge is 2.29. The number of piperidine rings is 1. The number of carbonyl (C=O) groups excluding carboxylic acids is 1. The van der Waals surface area contributed by atoms with Crippen LogP contribution >= 0.6 is 11.3 Å². The van der Waals surface area contributed by atoms with Crippen molar-refractivity contribution in [2.75, 3.05) is 19.3 Å². The molecule has 0 atom stereocenters. The molecule has 0 aliphatic carbocycles. The summed E-state index contributed by atoms with van der Waals surface area (Å²) in [6.07, 6.45) is 2.47. The minimum atomic E-state index is -3.10. The molecule has 94 valence electrons. The molecule has 2 rings (SSSR count). The Morgan fingerprint density at radius 3 is 2.53 bits per heavy atom. The van der Waals surface area contributed by atoms with Gasteiger partial charge in [-0.25, -0.2) is 12.7 Å². The zero-order valence-electron chi connectivity index (χ0n) is 9.63. The van der Waals surface area contributed by atoms with Crippen molar-refractivity contribution in [1.29, 1.82) is 0 Å². The third-order valence-electron chi connectivity index (χ3n) is 3.06. The summed E-state index contributed by atoms with van der Waals surface area (Å²) in [4.78, 5) is 12.8. The van der Waals surface area contributed by atoms with Crippen molar-refractivity contribution < 1.29 is 13.2 Å². The molecule has 0 spiro atoms. The number of ketones is 1. The van der Waals surface area contributed by atoms with E-state index in [1.807, 2.05) is 17.5 Å². The Kier molecular flexibility index (Phi) is 3.65. The van der Waals surface area contributed by atoms with Crippen LogP contribution in [0.3, 0.4) is 0 Å². The molecule has 2 heterocycles. The molecule has 1 aliphatic heterocycles. The van der Waals surface area contributed by atoms with E-state index in [1.165, 1.54) is 21.9 Å². The molecule has 1 aromatic rings. The number of sulfonamides is 1. The number of nitrogens with zero attached hydrogens (tertiary/aromatic N) is 1. The van der Waals surface area contributed by atoms with Crippen molar-refractivity contribution in [2.45, 2.75) is 12.8 Å². The molecule has 1 fully saturated rings. The van der Waals surface area contributed by atoms with Crippen molar-refractivity contribution in [3.8, 4) is 0 Å². The van der Waals surface area contributed by atoms with E-state index in [2.05, 4.69) is 0 Å². The SMILES string of the molecule is CS(=O)(=O)N1CCC(C(=O)c2cccs2)CC1. The molecule has 1 aromatic heterocycles. The quantitative estimate of drug-likeness (QED) is 0.786. The first-order valence-corrected chi connectivity index (χ1v) is 8.24. The fourth-order valence-electron chi connectivity index (χ4n) is 2.07. The molecule has 6 heteroatoms. The average Bonchev–Trinajstić information content (AvgIpc) is 2.80. The Morgan fingerprint density at radius 1 is 1.41 bits per heavy atom. The van der Waals surface area contributed by atoms with E-state index >= 15 is 0 Å². The summed E-state index contributed by atoms with van der Waals surface area (Å²) in [6.45, 7) is 0.918. The van der Waals surface area contributed by atoms with Crippen LogP contribution in [0.1, 0.15) is 22.5 Å². The number of hydrogen-bond donors (Lipinski definition) is 0. The van der Waals surface area contributed by atoms with Gasteiger partial charge in [-0.1, -0.05) is 6.07 Å². The van der Waals surface area contributed by atoms with Gasteiger partial charge in [-0.3, -0.25) is 4.79 Å². The monoisotopic (exact) mass is 273 g/mol. The van der Waals surface area contributed by atoms with Crippen molar-refractivity contribution in [2.24, 2.45) is 5.92 Å². The predicted molar refractivity (Wildman–Crippen MR) is 67.8 cm³/mol. The Bertz CT molecular complexity index is 485. The van der Waals surface area contributed by atoms with Crippen LogP contribution in [0, 0.1) is 5.92 Å². The third kappa shape index (κ3) is 2.94. The van der Waals surface area contributed by atoms with E-state index in [0.29, 0.717) is 25.9 Å². The lowest BCUT2D eigenvalue weighted by molar-refractivity contribution is 0.0880. The minimum Gasteiger partial charge on any atom is -0.293 e. The standard InChI is InChI=1S/C11H15NO3S2/c1-17(14,15)12-6-4-9(5-7-12)11(13)10-3-2-8-16-10/h2-3,8-9H,4-7H2,1H3. The molecule has 1 aliphatic rings. The summed E-state index contributed by atoms with van der Waals surface area (Å²) in [5.41, 5.74) is 0. The van der Waals surface area contributed by atoms with Crippen LogP contribution in [-0.2, 0) is 10.0 Å². The largest absolute Gasteiger partial charge is 0.293 e. The van der Waals surface area contributed by atoms with E-state index in [-0.39, 0.29) is 11.7 Å². The number of hydrogen-bond acceptors (Lipinski definition) is 4. The van der Waals surface area contributed by atoms with Gasteiger partial charge in [-0.2, -0.15) is 0 Å². The average molecular weight is 273 g/mol. The summed E-state index contributed by atoms with van der Waals surface area (Å²) < 4.78 is 24.1. The van der Waals surface area contributed by atoms with E-state index in [1.54, 1.807) is 0 Å². The number of rotatable bonds is 3. The Labute approximate surface area is 105 Å². The lowest BCUT2D eigenvalue weighted by Crippen LogP contribution is -2.39. The smallest absolute Gasteiger partial charge is 0.211 e. The molecule has 1 saturated heterocycles. The third-order valence-corrected chi connectivity index (χ3v) is 5.25. The maximum atomic E-state index is 12.1. The Morgan fingerprint density at radius 2 is 2.06 bits per heavy atom. The highest BCUT2D eigenvalue weighted by atomic mass is 32.2. The van der Waals surface area contributed by atoms with Gasteiger partial charge in [0.25, 0.3) is 0 Å². The van der Waals surface area contributed by atoms with Gasteiger partial charge < -0.3 is 0 Å². The highest BCUT2D eigenvalue weighted by Crippen LogP contribution is 2.24. The zero-order chi connectivity index (χ0) is 12.5. The summed E-state index contributed by atoms with van der Waals surface area (Å²) in [7, 11) is -3.10. The first-order valence-electron chi connectivity index (χ1n) is 5.51. The van der Waals surface area contributed by atoms with Crippen molar-refractivity contribution in [1.82, 2.24) is 4.31 Å². The highest BCUT2D eigenvalue weighted by molar-refractivity contribution is 7.88. The van der Waals surface area contributed by atoms with Crippen LogP contribution in [0.5, 0.6) is 0 Å². The lowest BCUT2D eigenvalue weighted by atomic mass is 9.93. The lowest BCUT2D eigenvalue weighted by Gasteiger charge is -2.29. The van der Waals surface area contributed by atoms with Gasteiger partial charge in [0.1, 0.15) is 0 Å². The molecule has 17 heavy (non-hydrogen) atoms. The van der Waals surface area contributed by atoms with Crippen molar-refractivity contribution in [3.63, 3.8) is 0 Å². The normalized spacial score (nSPS) is 19.4. The second-order valence-corrected chi connectivity index (χ2v) is 7.21. The second kappa shape index (κ2) is 4.88. The Balaban J connectivity index is 1.98. The van der Waals surface area contributed by atoms with E-state index in [9.17, 15) is 13.2 Å². The first-order chi connectivity index (χ1) is 7.98. The summed E-state index contributed by atoms with van der Waals surface area (Å²) in [5, 5.41) is 1.89. The maximum Gasteiger partial charge on any atom is 0.211 e. The van der Waals surface area contributed by atoms with Gasteiger partial charge in [0.15, 0.2) is 5.78 Å². The van der Waals surface area contributed by atoms with Crippen LogP contribution in [0.2, 0.25) is 0 Å². The van der Waals surface area contributed by atoms with Gasteiger partial charge in [0.05, 0.1) is 11.1 Å². The number of Topliss-reactive ketones (excluding diaryl/α,β-unsaturated/α-hetero) is 1. The van der Waals surface area contributed by atoms with Crippen LogP contribution in [-0.4, -0.2) is 37.9 Å². The maximum absolute atomic E-state index is 12.1. The van der Waals surface area contributed by atoms with Gasteiger partial charge in [-0.15, -0.1) is 11.3 Å². The molecule has 0 aromatic carbocycles. The zero-order valence-corrected chi connectivity index (χ0v) is 11.3. The molecule has 4 nitrogen and oxygen atoms in total. The first kappa shape index (κ1) is 12.7. The molecular formula is C11H15NO3S2. The van der Waals surface area contributed by atoms with Gasteiger partial charge in [0.2, 0.25) is 10.0 Å². The molecule has 0 N–H and O–H groups in total. The van der Waals surface area contributed by atoms with Crippen LogP contribution < -0.4 is 0 Å². The molecular weight excluding hydrogens is 258 g/mol. The number of carbonyl (C=O) groups is 1. The van der Waals surface area contributed by atoms with E-state index in [0.717, 1.165) is 4.88 Å². The minimum absolute atomic E-state index is 0.0216. The number of thiophene rings is 1. The van der Waals surface area contributed by atoms with Gasteiger partial charge in [0, 0.05) is 19.0 Å². The fourth-order valence-corrected chi connectivity index (χ4v) is 3.69. The second-order valence-electron chi connectivity index (χ2n) is 4.28. The topological polar surface area (TPSA) is 54.5 Å². The van der Waals surface area contributed by atoms with Crippen LogP contribution in [0.4, 0.5) is 0 Å². The van der Waals surface area contributed by atoms with E-state index < -0.39 is 10.0 Å². The van der Waals surface area contributed by atoms with Crippen molar-refractivity contribution in [3.05, 3.63) is 22.4 Å². The van der Waals surface area contributed by atoms with Crippen LogP contribution in [0.25, 0.3) is 0 Å².